The fourth-order valence-electron chi connectivity index (χ4n) is 4.08. The molecule has 1 N–H and O–H groups in total. The van der Waals surface area contributed by atoms with E-state index in [1.54, 1.807) is 0 Å². The van der Waals surface area contributed by atoms with Crippen molar-refractivity contribution in [2.75, 3.05) is 24.5 Å². The molecule has 130 valence electrons. The van der Waals surface area contributed by atoms with Crippen LogP contribution in [0.15, 0.2) is 54.7 Å². The Labute approximate surface area is 150 Å². The van der Waals surface area contributed by atoms with Gasteiger partial charge in [-0.05, 0) is 60.4 Å². The summed E-state index contributed by atoms with van der Waals surface area (Å²) in [5, 5.41) is 9.24. The van der Waals surface area contributed by atoms with Gasteiger partial charge in [0.25, 0.3) is 0 Å². The molecule has 3 heteroatoms. The number of para-hydroxylation sites is 1. The number of hydrogen-bond donors (Lipinski definition) is 1. The number of piperidine rings is 1. The molecule has 1 saturated heterocycles. The Hall–Kier alpha value is -2.26. The summed E-state index contributed by atoms with van der Waals surface area (Å²) in [5.74, 6) is 0. The van der Waals surface area contributed by atoms with E-state index in [0.29, 0.717) is 6.04 Å². The summed E-state index contributed by atoms with van der Waals surface area (Å²) >= 11 is 0. The molecule has 0 spiro atoms. The molecule has 0 aromatic heterocycles. The highest BCUT2D eigenvalue weighted by atomic mass is 16.3. The van der Waals surface area contributed by atoms with Crippen molar-refractivity contribution < 1.29 is 5.11 Å². The van der Waals surface area contributed by atoms with Gasteiger partial charge in [-0.15, -0.1) is 0 Å². The van der Waals surface area contributed by atoms with Gasteiger partial charge in [-0.2, -0.15) is 0 Å². The highest BCUT2D eigenvalue weighted by molar-refractivity contribution is 5.58. The minimum absolute atomic E-state index is 0.102. The molecule has 2 aliphatic heterocycles. The first-order chi connectivity index (χ1) is 12.3. The predicted octanol–water partition coefficient (Wildman–Crippen LogP) is 3.68. The Morgan fingerprint density at radius 1 is 1.00 bits per heavy atom. The number of benzene rings is 2. The van der Waals surface area contributed by atoms with E-state index < -0.39 is 0 Å². The van der Waals surface area contributed by atoms with Crippen LogP contribution >= 0.6 is 0 Å². The average molecular weight is 334 g/mol. The Morgan fingerprint density at radius 2 is 1.84 bits per heavy atom. The molecule has 2 aromatic carbocycles. The minimum atomic E-state index is 0.102. The highest BCUT2D eigenvalue weighted by Crippen LogP contribution is 2.32. The van der Waals surface area contributed by atoms with Crippen LogP contribution in [0.4, 0.5) is 5.69 Å². The maximum Gasteiger partial charge on any atom is 0.0682 e. The molecule has 25 heavy (non-hydrogen) atoms. The van der Waals surface area contributed by atoms with Gasteiger partial charge in [0.15, 0.2) is 0 Å². The Morgan fingerprint density at radius 3 is 2.68 bits per heavy atom. The zero-order valence-corrected chi connectivity index (χ0v) is 14.6. The fourth-order valence-corrected chi connectivity index (χ4v) is 4.08. The molecule has 2 aromatic rings. The SMILES string of the molecule is OCc1cccc(C=CN2CCC(N3CCc4ccccc43)CC2)c1. The fraction of sp³-hybridized carbons (Fsp3) is 0.364. The van der Waals surface area contributed by atoms with E-state index in [4.69, 9.17) is 0 Å². The summed E-state index contributed by atoms with van der Waals surface area (Å²) in [6.07, 6.45) is 8.00. The maximum atomic E-state index is 9.24. The smallest absolute Gasteiger partial charge is 0.0682 e. The van der Waals surface area contributed by atoms with Crippen molar-refractivity contribution >= 4 is 11.8 Å². The van der Waals surface area contributed by atoms with E-state index in [1.165, 1.54) is 37.1 Å². The molecule has 0 saturated carbocycles. The topological polar surface area (TPSA) is 26.7 Å². The van der Waals surface area contributed by atoms with Crippen molar-refractivity contribution in [3.63, 3.8) is 0 Å². The monoisotopic (exact) mass is 334 g/mol. The molecule has 0 atom stereocenters. The second-order valence-electron chi connectivity index (χ2n) is 7.06. The van der Waals surface area contributed by atoms with Crippen LogP contribution in [0.25, 0.3) is 6.08 Å². The third-order valence-electron chi connectivity index (χ3n) is 5.47. The Kier molecular flexibility index (Phi) is 4.75. The zero-order chi connectivity index (χ0) is 17.1. The number of nitrogens with zero attached hydrogens (tertiary/aromatic N) is 2. The summed E-state index contributed by atoms with van der Waals surface area (Å²) in [5.41, 5.74) is 5.08. The molecule has 0 amide bonds. The zero-order valence-electron chi connectivity index (χ0n) is 14.6. The van der Waals surface area contributed by atoms with Gasteiger partial charge in [0.05, 0.1) is 6.61 Å². The lowest BCUT2D eigenvalue weighted by Gasteiger charge is -2.37. The quantitative estimate of drug-likeness (QED) is 0.924. The van der Waals surface area contributed by atoms with Crippen LogP contribution in [0.3, 0.4) is 0 Å². The maximum absolute atomic E-state index is 9.24. The largest absolute Gasteiger partial charge is 0.392 e. The molecule has 0 bridgehead atoms. The van der Waals surface area contributed by atoms with Crippen molar-refractivity contribution in [2.24, 2.45) is 0 Å². The van der Waals surface area contributed by atoms with Crippen LogP contribution in [0.1, 0.15) is 29.5 Å². The number of rotatable bonds is 4. The number of aliphatic hydroxyl groups excluding tert-OH is 1. The van der Waals surface area contributed by atoms with Gasteiger partial charge in [0.2, 0.25) is 0 Å². The number of aliphatic hydroxyl groups is 1. The van der Waals surface area contributed by atoms with Crippen molar-refractivity contribution in [1.82, 2.24) is 4.90 Å². The van der Waals surface area contributed by atoms with Crippen LogP contribution in [0.2, 0.25) is 0 Å². The van der Waals surface area contributed by atoms with E-state index in [-0.39, 0.29) is 6.61 Å². The van der Waals surface area contributed by atoms with Gasteiger partial charge in [-0.1, -0.05) is 36.4 Å². The first-order valence-corrected chi connectivity index (χ1v) is 9.30. The normalized spacial score (nSPS) is 18.1. The van der Waals surface area contributed by atoms with Crippen LogP contribution in [0.5, 0.6) is 0 Å². The van der Waals surface area contributed by atoms with Crippen molar-refractivity contribution in [3.05, 3.63) is 71.4 Å². The van der Waals surface area contributed by atoms with E-state index >= 15 is 0 Å². The molecule has 0 aliphatic carbocycles. The lowest BCUT2D eigenvalue weighted by atomic mass is 10.0. The second kappa shape index (κ2) is 7.32. The van der Waals surface area contributed by atoms with Crippen LogP contribution in [-0.2, 0) is 13.0 Å². The van der Waals surface area contributed by atoms with E-state index in [1.807, 2.05) is 18.2 Å². The average Bonchev–Trinajstić information content (AvgIpc) is 3.11. The van der Waals surface area contributed by atoms with Crippen LogP contribution < -0.4 is 4.90 Å². The van der Waals surface area contributed by atoms with Crippen LogP contribution in [0, 0.1) is 0 Å². The number of fused-ring (bicyclic) bond motifs is 1. The summed E-state index contributed by atoms with van der Waals surface area (Å²) < 4.78 is 0. The molecule has 2 aliphatic rings. The van der Waals surface area contributed by atoms with Crippen molar-refractivity contribution in [3.8, 4) is 0 Å². The summed E-state index contributed by atoms with van der Waals surface area (Å²) in [4.78, 5) is 5.05. The third-order valence-corrected chi connectivity index (χ3v) is 5.47. The minimum Gasteiger partial charge on any atom is -0.392 e. The molecular weight excluding hydrogens is 308 g/mol. The first-order valence-electron chi connectivity index (χ1n) is 9.30. The molecule has 0 radical (unpaired) electrons. The number of likely N-dealkylation sites (tertiary alicyclic amines) is 1. The van der Waals surface area contributed by atoms with Crippen molar-refractivity contribution in [1.29, 1.82) is 0 Å². The molecule has 3 nitrogen and oxygen atoms in total. The number of hydrogen-bond acceptors (Lipinski definition) is 3. The van der Waals surface area contributed by atoms with Gasteiger partial charge in [-0.25, -0.2) is 0 Å². The highest BCUT2D eigenvalue weighted by Gasteiger charge is 2.28. The van der Waals surface area contributed by atoms with Gasteiger partial charge in [-0.3, -0.25) is 0 Å². The molecule has 4 rings (SSSR count). The summed E-state index contributed by atoms with van der Waals surface area (Å²) in [7, 11) is 0. The van der Waals surface area contributed by atoms with Gasteiger partial charge in [0, 0.05) is 31.4 Å². The van der Waals surface area contributed by atoms with Gasteiger partial charge < -0.3 is 14.9 Å². The molecule has 1 fully saturated rings. The molecular formula is C22H26N2O. The Bertz CT molecular complexity index is 747. The molecule has 2 heterocycles. The number of anilines is 1. The van der Waals surface area contributed by atoms with E-state index in [2.05, 4.69) is 52.4 Å². The van der Waals surface area contributed by atoms with E-state index in [0.717, 1.165) is 24.2 Å². The van der Waals surface area contributed by atoms with E-state index in [9.17, 15) is 5.11 Å². The molecule has 0 unspecified atom stereocenters. The predicted molar refractivity (Wildman–Crippen MR) is 103 cm³/mol. The van der Waals surface area contributed by atoms with Crippen LogP contribution in [-0.4, -0.2) is 35.7 Å². The first kappa shape index (κ1) is 16.2. The second-order valence-corrected chi connectivity index (χ2v) is 7.06. The standard InChI is InChI=1S/C22H26N2O/c25-17-19-5-3-4-18(16-19)8-12-23-13-10-21(11-14-23)24-15-9-20-6-1-2-7-22(20)24/h1-8,12,16,21,25H,9-11,13-15,17H2. The van der Waals surface area contributed by atoms with Gasteiger partial charge >= 0.3 is 0 Å². The van der Waals surface area contributed by atoms with Crippen molar-refractivity contribution in [2.45, 2.75) is 31.9 Å². The Balaban J connectivity index is 1.35. The summed E-state index contributed by atoms with van der Waals surface area (Å²) in [6, 6.07) is 17.6. The lowest BCUT2D eigenvalue weighted by Crippen LogP contribution is -2.42. The summed E-state index contributed by atoms with van der Waals surface area (Å²) in [6.45, 7) is 3.50. The lowest BCUT2D eigenvalue weighted by molar-refractivity contribution is 0.279. The third kappa shape index (κ3) is 3.57. The van der Waals surface area contributed by atoms with Gasteiger partial charge in [0.1, 0.15) is 0 Å².